The molecule has 4 N–H and O–H groups in total. The standard InChI is InChI=1S/C13H23N3O2/c1-13(2,3)9-4-6-16(7-5-9)12(18)10(14)8-11(15)17/h4,10H,5-8,14H2,1-3H3,(H2,15,17). The molecule has 1 heterocycles. The summed E-state index contributed by atoms with van der Waals surface area (Å²) in [5.41, 5.74) is 12.2. The van der Waals surface area contributed by atoms with Crippen molar-refractivity contribution in [3.63, 3.8) is 0 Å². The van der Waals surface area contributed by atoms with E-state index in [4.69, 9.17) is 11.5 Å². The Labute approximate surface area is 108 Å². The van der Waals surface area contributed by atoms with Gasteiger partial charge in [-0.3, -0.25) is 9.59 Å². The predicted molar refractivity (Wildman–Crippen MR) is 70.5 cm³/mol. The first-order chi connectivity index (χ1) is 8.21. The summed E-state index contributed by atoms with van der Waals surface area (Å²) in [6, 6.07) is -0.813. The molecule has 0 fully saturated rings. The fraction of sp³-hybridized carbons (Fsp3) is 0.692. The zero-order valence-corrected chi connectivity index (χ0v) is 11.4. The van der Waals surface area contributed by atoms with Crippen molar-refractivity contribution in [2.75, 3.05) is 13.1 Å². The third-order valence-electron chi connectivity index (χ3n) is 3.22. The van der Waals surface area contributed by atoms with Gasteiger partial charge in [-0.2, -0.15) is 0 Å². The number of primary amides is 1. The molecular weight excluding hydrogens is 230 g/mol. The molecule has 2 amide bonds. The predicted octanol–water partition coefficient (Wildman–Crippen LogP) is 0.394. The second-order valence-electron chi connectivity index (χ2n) is 5.79. The molecule has 0 aromatic rings. The van der Waals surface area contributed by atoms with E-state index in [1.807, 2.05) is 0 Å². The van der Waals surface area contributed by atoms with E-state index >= 15 is 0 Å². The molecule has 5 nitrogen and oxygen atoms in total. The molecule has 0 spiro atoms. The molecule has 1 rings (SSSR count). The van der Waals surface area contributed by atoms with Gasteiger partial charge in [0.05, 0.1) is 12.5 Å². The van der Waals surface area contributed by atoms with Crippen LogP contribution in [0, 0.1) is 5.41 Å². The maximum absolute atomic E-state index is 12.0. The van der Waals surface area contributed by atoms with E-state index in [1.54, 1.807) is 4.90 Å². The Balaban J connectivity index is 2.60. The van der Waals surface area contributed by atoms with Crippen LogP contribution in [0.2, 0.25) is 0 Å². The molecule has 18 heavy (non-hydrogen) atoms. The van der Waals surface area contributed by atoms with E-state index < -0.39 is 11.9 Å². The van der Waals surface area contributed by atoms with Crippen molar-refractivity contribution in [1.82, 2.24) is 4.90 Å². The first kappa shape index (κ1) is 14.7. The van der Waals surface area contributed by atoms with Gasteiger partial charge in [0.15, 0.2) is 0 Å². The number of rotatable bonds is 3. The van der Waals surface area contributed by atoms with Gasteiger partial charge in [0.1, 0.15) is 0 Å². The van der Waals surface area contributed by atoms with Gasteiger partial charge in [-0.15, -0.1) is 0 Å². The quantitative estimate of drug-likeness (QED) is 0.713. The average molecular weight is 253 g/mol. The van der Waals surface area contributed by atoms with Gasteiger partial charge < -0.3 is 16.4 Å². The molecule has 0 aromatic carbocycles. The Morgan fingerprint density at radius 3 is 2.44 bits per heavy atom. The summed E-state index contributed by atoms with van der Waals surface area (Å²) in [5.74, 6) is -0.739. The van der Waals surface area contributed by atoms with Crippen LogP contribution in [-0.2, 0) is 9.59 Å². The molecule has 1 aliphatic rings. The molecule has 0 aromatic heterocycles. The topological polar surface area (TPSA) is 89.4 Å². The molecule has 1 unspecified atom stereocenters. The Morgan fingerprint density at radius 1 is 1.44 bits per heavy atom. The van der Waals surface area contributed by atoms with Crippen LogP contribution >= 0.6 is 0 Å². The molecule has 5 heteroatoms. The number of amides is 2. The van der Waals surface area contributed by atoms with Gasteiger partial charge in [0.25, 0.3) is 0 Å². The largest absolute Gasteiger partial charge is 0.370 e. The highest BCUT2D eigenvalue weighted by molar-refractivity contribution is 5.87. The van der Waals surface area contributed by atoms with E-state index in [2.05, 4.69) is 26.8 Å². The number of nitrogens with zero attached hydrogens (tertiary/aromatic N) is 1. The molecule has 0 bridgehead atoms. The van der Waals surface area contributed by atoms with Crippen molar-refractivity contribution in [2.45, 2.75) is 39.7 Å². The first-order valence-corrected chi connectivity index (χ1v) is 6.24. The SMILES string of the molecule is CC(C)(C)C1=CCN(C(=O)C(N)CC(N)=O)CC1. The second kappa shape index (κ2) is 5.52. The Bertz CT molecular complexity index is 369. The van der Waals surface area contributed by atoms with Crippen molar-refractivity contribution < 1.29 is 9.59 Å². The maximum atomic E-state index is 12.0. The van der Waals surface area contributed by atoms with Crippen molar-refractivity contribution in [3.8, 4) is 0 Å². The zero-order valence-electron chi connectivity index (χ0n) is 11.4. The summed E-state index contributed by atoms with van der Waals surface area (Å²) >= 11 is 0. The van der Waals surface area contributed by atoms with E-state index in [-0.39, 0.29) is 17.7 Å². The smallest absolute Gasteiger partial charge is 0.240 e. The number of hydrogen-bond donors (Lipinski definition) is 2. The van der Waals surface area contributed by atoms with Gasteiger partial charge >= 0.3 is 0 Å². The number of carbonyl (C=O) groups is 2. The fourth-order valence-electron chi connectivity index (χ4n) is 2.09. The number of carbonyl (C=O) groups excluding carboxylic acids is 2. The lowest BCUT2D eigenvalue weighted by Gasteiger charge is -2.33. The van der Waals surface area contributed by atoms with Crippen molar-refractivity contribution in [2.24, 2.45) is 16.9 Å². The Morgan fingerprint density at radius 2 is 2.06 bits per heavy atom. The molecule has 102 valence electrons. The van der Waals surface area contributed by atoms with Gasteiger partial charge in [-0.1, -0.05) is 32.4 Å². The van der Waals surface area contributed by atoms with E-state index in [1.165, 1.54) is 5.57 Å². The molecule has 1 aliphatic heterocycles. The monoisotopic (exact) mass is 253 g/mol. The maximum Gasteiger partial charge on any atom is 0.240 e. The van der Waals surface area contributed by atoms with E-state index in [0.29, 0.717) is 13.1 Å². The van der Waals surface area contributed by atoms with Crippen LogP contribution in [0.4, 0.5) is 0 Å². The minimum Gasteiger partial charge on any atom is -0.370 e. The van der Waals surface area contributed by atoms with Gasteiger partial charge in [0, 0.05) is 13.1 Å². The summed E-state index contributed by atoms with van der Waals surface area (Å²) in [4.78, 5) is 24.4. The van der Waals surface area contributed by atoms with Gasteiger partial charge in [-0.05, 0) is 11.8 Å². The minimum absolute atomic E-state index is 0.0921. The lowest BCUT2D eigenvalue weighted by Crippen LogP contribution is -2.47. The molecule has 0 saturated carbocycles. The van der Waals surface area contributed by atoms with Crippen LogP contribution in [0.5, 0.6) is 0 Å². The highest BCUT2D eigenvalue weighted by atomic mass is 16.2. The minimum atomic E-state index is -0.813. The summed E-state index contributed by atoms with van der Waals surface area (Å²) in [5, 5.41) is 0. The highest BCUT2D eigenvalue weighted by Gasteiger charge is 2.26. The van der Waals surface area contributed by atoms with Crippen LogP contribution in [0.3, 0.4) is 0 Å². The number of nitrogens with two attached hydrogens (primary N) is 2. The number of hydrogen-bond acceptors (Lipinski definition) is 3. The second-order valence-corrected chi connectivity index (χ2v) is 5.79. The van der Waals surface area contributed by atoms with Crippen LogP contribution < -0.4 is 11.5 Å². The van der Waals surface area contributed by atoms with Crippen molar-refractivity contribution >= 4 is 11.8 Å². The molecular formula is C13H23N3O2. The summed E-state index contributed by atoms with van der Waals surface area (Å²) in [6.07, 6.45) is 2.85. The normalized spacial score (nSPS) is 18.2. The summed E-state index contributed by atoms with van der Waals surface area (Å²) in [6.45, 7) is 7.71. The van der Waals surface area contributed by atoms with Crippen LogP contribution in [-0.4, -0.2) is 35.8 Å². The Kier molecular flexibility index (Phi) is 4.51. The van der Waals surface area contributed by atoms with Crippen LogP contribution in [0.15, 0.2) is 11.6 Å². The van der Waals surface area contributed by atoms with Crippen LogP contribution in [0.1, 0.15) is 33.6 Å². The summed E-state index contributed by atoms with van der Waals surface area (Å²) < 4.78 is 0. The molecule has 0 aliphatic carbocycles. The lowest BCUT2D eigenvalue weighted by atomic mass is 9.83. The van der Waals surface area contributed by atoms with Crippen LogP contribution in [0.25, 0.3) is 0 Å². The van der Waals surface area contributed by atoms with Crippen molar-refractivity contribution in [3.05, 3.63) is 11.6 Å². The Hall–Kier alpha value is -1.36. The lowest BCUT2D eigenvalue weighted by molar-refractivity contribution is -0.134. The third-order valence-corrected chi connectivity index (χ3v) is 3.22. The van der Waals surface area contributed by atoms with Gasteiger partial charge in [0.2, 0.25) is 11.8 Å². The average Bonchev–Trinajstić information content (AvgIpc) is 2.26. The zero-order chi connectivity index (χ0) is 13.9. The van der Waals surface area contributed by atoms with Crippen molar-refractivity contribution in [1.29, 1.82) is 0 Å². The fourth-order valence-corrected chi connectivity index (χ4v) is 2.09. The highest BCUT2D eigenvalue weighted by Crippen LogP contribution is 2.30. The van der Waals surface area contributed by atoms with Gasteiger partial charge in [-0.25, -0.2) is 0 Å². The summed E-state index contributed by atoms with van der Waals surface area (Å²) in [7, 11) is 0. The third kappa shape index (κ3) is 3.84. The molecule has 0 saturated heterocycles. The molecule has 1 atom stereocenters. The van der Waals surface area contributed by atoms with E-state index in [9.17, 15) is 9.59 Å². The molecule has 0 radical (unpaired) electrons. The first-order valence-electron chi connectivity index (χ1n) is 6.24. The van der Waals surface area contributed by atoms with E-state index in [0.717, 1.165) is 6.42 Å².